The van der Waals surface area contributed by atoms with Crippen molar-refractivity contribution >= 4 is 15.9 Å². The first-order valence-electron chi connectivity index (χ1n) is 3.95. The molecule has 0 atom stereocenters. The molecule has 0 aliphatic heterocycles. The number of alkyl halides is 1. The third kappa shape index (κ3) is 2.43. The molecule has 1 heterocycles. The molecular formula is C9H9BrN2O. The van der Waals surface area contributed by atoms with Gasteiger partial charge in [0.1, 0.15) is 11.6 Å². The van der Waals surface area contributed by atoms with E-state index in [1.54, 1.807) is 16.8 Å². The minimum atomic E-state index is -0.203. The van der Waals surface area contributed by atoms with Crippen LogP contribution in [0.3, 0.4) is 0 Å². The standard InChI is InChI=1S/C9H9BrN2O/c10-4-2-6-12-5-1-3-8(7-11)9(12)13/h1,3,5H,2,4,6H2. The van der Waals surface area contributed by atoms with Crippen molar-refractivity contribution in [2.45, 2.75) is 13.0 Å². The summed E-state index contributed by atoms with van der Waals surface area (Å²) in [5, 5.41) is 9.45. The zero-order valence-electron chi connectivity index (χ0n) is 7.03. The van der Waals surface area contributed by atoms with Crippen molar-refractivity contribution in [3.05, 3.63) is 34.2 Å². The van der Waals surface area contributed by atoms with Crippen LogP contribution in [-0.2, 0) is 6.54 Å². The minimum Gasteiger partial charge on any atom is -0.314 e. The van der Waals surface area contributed by atoms with Crippen LogP contribution in [0.1, 0.15) is 12.0 Å². The van der Waals surface area contributed by atoms with Gasteiger partial charge in [0.25, 0.3) is 5.56 Å². The third-order valence-electron chi connectivity index (χ3n) is 1.67. The molecule has 4 heteroatoms. The largest absolute Gasteiger partial charge is 0.314 e. The number of hydrogen-bond acceptors (Lipinski definition) is 2. The molecule has 0 fully saturated rings. The Labute approximate surface area is 84.7 Å². The zero-order chi connectivity index (χ0) is 9.68. The summed E-state index contributed by atoms with van der Waals surface area (Å²) in [5.41, 5.74) is 0.00280. The predicted molar refractivity (Wildman–Crippen MR) is 53.8 cm³/mol. The van der Waals surface area contributed by atoms with Gasteiger partial charge in [0.15, 0.2) is 0 Å². The van der Waals surface area contributed by atoms with Crippen LogP contribution in [-0.4, -0.2) is 9.90 Å². The molecule has 0 aliphatic rings. The summed E-state index contributed by atoms with van der Waals surface area (Å²) in [6.07, 6.45) is 2.58. The van der Waals surface area contributed by atoms with Crippen LogP contribution in [0, 0.1) is 11.3 Å². The number of aryl methyl sites for hydroxylation is 1. The lowest BCUT2D eigenvalue weighted by atomic mass is 10.3. The summed E-state index contributed by atoms with van der Waals surface area (Å²) < 4.78 is 1.56. The summed E-state index contributed by atoms with van der Waals surface area (Å²) in [6.45, 7) is 0.652. The van der Waals surface area contributed by atoms with Crippen LogP contribution in [0.2, 0.25) is 0 Å². The Balaban J connectivity index is 2.97. The van der Waals surface area contributed by atoms with Gasteiger partial charge in [-0.05, 0) is 18.6 Å². The number of pyridine rings is 1. The number of halogens is 1. The molecule has 0 aliphatic carbocycles. The fourth-order valence-corrected chi connectivity index (χ4v) is 1.28. The highest BCUT2D eigenvalue weighted by Crippen LogP contribution is 1.94. The molecule has 0 aromatic carbocycles. The molecule has 1 rings (SSSR count). The molecule has 0 radical (unpaired) electrons. The highest BCUT2D eigenvalue weighted by Gasteiger charge is 2.00. The lowest BCUT2D eigenvalue weighted by Gasteiger charge is -2.02. The molecule has 0 N–H and O–H groups in total. The number of rotatable bonds is 3. The van der Waals surface area contributed by atoms with E-state index in [0.29, 0.717) is 6.54 Å². The van der Waals surface area contributed by atoms with Crippen molar-refractivity contribution in [3.63, 3.8) is 0 Å². The fraction of sp³-hybridized carbons (Fsp3) is 0.333. The lowest BCUT2D eigenvalue weighted by molar-refractivity contribution is 0.659. The number of hydrogen-bond donors (Lipinski definition) is 0. The van der Waals surface area contributed by atoms with E-state index in [9.17, 15) is 4.79 Å². The molecule has 1 aromatic heterocycles. The summed E-state index contributed by atoms with van der Waals surface area (Å²) in [4.78, 5) is 11.4. The van der Waals surface area contributed by atoms with Crippen molar-refractivity contribution in [2.24, 2.45) is 0 Å². The monoisotopic (exact) mass is 240 g/mol. The van der Waals surface area contributed by atoms with E-state index < -0.39 is 0 Å². The first-order chi connectivity index (χ1) is 6.29. The molecule has 0 bridgehead atoms. The Hall–Kier alpha value is -1.08. The predicted octanol–water partition coefficient (Wildman–Crippen LogP) is 1.50. The molecule has 68 valence electrons. The maximum absolute atomic E-state index is 11.4. The van der Waals surface area contributed by atoms with Gasteiger partial charge in [-0.15, -0.1) is 0 Å². The second kappa shape index (κ2) is 4.83. The maximum Gasteiger partial charge on any atom is 0.268 e. The van der Waals surface area contributed by atoms with Gasteiger partial charge < -0.3 is 4.57 Å². The van der Waals surface area contributed by atoms with Crippen molar-refractivity contribution in [1.82, 2.24) is 4.57 Å². The van der Waals surface area contributed by atoms with Crippen molar-refractivity contribution < 1.29 is 0 Å². The van der Waals surface area contributed by atoms with Crippen molar-refractivity contribution in [2.75, 3.05) is 5.33 Å². The Bertz CT molecular complexity index is 378. The Morgan fingerprint density at radius 2 is 2.38 bits per heavy atom. The highest BCUT2D eigenvalue weighted by atomic mass is 79.9. The van der Waals surface area contributed by atoms with E-state index >= 15 is 0 Å². The Kier molecular flexibility index (Phi) is 3.71. The fourth-order valence-electron chi connectivity index (χ4n) is 1.03. The van der Waals surface area contributed by atoms with E-state index in [-0.39, 0.29) is 11.1 Å². The van der Waals surface area contributed by atoms with Crippen molar-refractivity contribution in [3.8, 4) is 6.07 Å². The number of nitriles is 1. The van der Waals surface area contributed by atoms with Gasteiger partial charge in [-0.3, -0.25) is 4.79 Å². The van der Waals surface area contributed by atoms with Gasteiger partial charge in [-0.25, -0.2) is 0 Å². The lowest BCUT2D eigenvalue weighted by Crippen LogP contribution is -2.21. The van der Waals surface area contributed by atoms with E-state index in [2.05, 4.69) is 15.9 Å². The second-order valence-corrected chi connectivity index (χ2v) is 3.37. The highest BCUT2D eigenvalue weighted by molar-refractivity contribution is 9.09. The molecule has 0 saturated heterocycles. The summed E-state index contributed by atoms with van der Waals surface area (Å²) in [5.74, 6) is 0. The zero-order valence-corrected chi connectivity index (χ0v) is 8.62. The SMILES string of the molecule is N#Cc1cccn(CCCBr)c1=O. The first-order valence-corrected chi connectivity index (χ1v) is 5.07. The van der Waals surface area contributed by atoms with E-state index in [1.165, 1.54) is 6.07 Å². The third-order valence-corrected chi connectivity index (χ3v) is 2.23. The molecule has 1 aromatic rings. The molecule has 0 saturated carbocycles. The van der Waals surface area contributed by atoms with Crippen LogP contribution in [0.15, 0.2) is 23.1 Å². The summed E-state index contributed by atoms with van der Waals surface area (Å²) >= 11 is 3.29. The van der Waals surface area contributed by atoms with Gasteiger partial charge >= 0.3 is 0 Å². The van der Waals surface area contributed by atoms with Gasteiger partial charge in [-0.2, -0.15) is 5.26 Å². The van der Waals surface area contributed by atoms with Crippen molar-refractivity contribution in [1.29, 1.82) is 5.26 Å². The normalized spacial score (nSPS) is 9.54. The van der Waals surface area contributed by atoms with E-state index in [4.69, 9.17) is 5.26 Å². The van der Waals surface area contributed by atoms with E-state index in [0.717, 1.165) is 11.8 Å². The average molecular weight is 241 g/mol. The van der Waals surface area contributed by atoms with Crippen LogP contribution in [0.25, 0.3) is 0 Å². The van der Waals surface area contributed by atoms with Crippen LogP contribution >= 0.6 is 15.9 Å². The van der Waals surface area contributed by atoms with Gasteiger partial charge in [0, 0.05) is 18.1 Å². The van der Waals surface area contributed by atoms with Crippen LogP contribution in [0.4, 0.5) is 0 Å². The molecule has 3 nitrogen and oxygen atoms in total. The van der Waals surface area contributed by atoms with Gasteiger partial charge in [-0.1, -0.05) is 15.9 Å². The first kappa shape index (κ1) is 10.0. The number of nitrogens with zero attached hydrogens (tertiary/aromatic N) is 2. The second-order valence-electron chi connectivity index (χ2n) is 2.57. The maximum atomic E-state index is 11.4. The van der Waals surface area contributed by atoms with E-state index in [1.807, 2.05) is 6.07 Å². The van der Waals surface area contributed by atoms with Gasteiger partial charge in [0.2, 0.25) is 0 Å². The molecule has 0 amide bonds. The number of aromatic nitrogens is 1. The van der Waals surface area contributed by atoms with Gasteiger partial charge in [0.05, 0.1) is 0 Å². The minimum absolute atomic E-state index is 0.203. The Morgan fingerprint density at radius 1 is 1.62 bits per heavy atom. The molecular weight excluding hydrogens is 232 g/mol. The summed E-state index contributed by atoms with van der Waals surface area (Å²) in [6, 6.07) is 5.12. The smallest absolute Gasteiger partial charge is 0.268 e. The average Bonchev–Trinajstić information content (AvgIpc) is 2.16. The summed E-state index contributed by atoms with van der Waals surface area (Å²) in [7, 11) is 0. The molecule has 0 unspecified atom stereocenters. The Morgan fingerprint density at radius 3 is 3.00 bits per heavy atom. The van der Waals surface area contributed by atoms with Crippen LogP contribution in [0.5, 0.6) is 0 Å². The molecule has 0 spiro atoms. The topological polar surface area (TPSA) is 45.8 Å². The van der Waals surface area contributed by atoms with Crippen LogP contribution < -0.4 is 5.56 Å². The molecule has 13 heavy (non-hydrogen) atoms. The quantitative estimate of drug-likeness (QED) is 0.753.